The summed E-state index contributed by atoms with van der Waals surface area (Å²) >= 11 is 0. The molecule has 0 aliphatic carbocycles. The van der Waals surface area contributed by atoms with Crippen molar-refractivity contribution in [1.29, 1.82) is 0 Å². The lowest BCUT2D eigenvalue weighted by molar-refractivity contribution is 0.335. The molecule has 1 aliphatic rings. The van der Waals surface area contributed by atoms with Crippen molar-refractivity contribution in [1.82, 2.24) is 0 Å². The molecule has 0 radical (unpaired) electrons. The van der Waals surface area contributed by atoms with Crippen molar-refractivity contribution in [2.24, 2.45) is 5.41 Å². The fourth-order valence-electron chi connectivity index (χ4n) is 1.09. The van der Waals surface area contributed by atoms with Gasteiger partial charge in [0.2, 0.25) is 0 Å². The molecule has 60 valence electrons. The van der Waals surface area contributed by atoms with E-state index in [2.05, 4.69) is 20.8 Å². The first kappa shape index (κ1) is 8.06. The first-order valence-electron chi connectivity index (χ1n) is 4.19. The summed E-state index contributed by atoms with van der Waals surface area (Å²) in [5.41, 5.74) is 0.509. The van der Waals surface area contributed by atoms with Gasteiger partial charge in [0, 0.05) is 0 Å². The predicted octanol–water partition coefficient (Wildman–Crippen LogP) is 2.60. The van der Waals surface area contributed by atoms with E-state index in [1.54, 1.807) is 0 Å². The molecular weight excluding hydrogens is 124 g/mol. The molecule has 10 heavy (non-hydrogen) atoms. The third-order valence-electron chi connectivity index (χ3n) is 1.86. The van der Waals surface area contributed by atoms with Gasteiger partial charge in [0.25, 0.3) is 0 Å². The molecule has 1 unspecified atom stereocenters. The van der Waals surface area contributed by atoms with Crippen LogP contribution >= 0.6 is 0 Å². The summed E-state index contributed by atoms with van der Waals surface area (Å²) in [5.74, 6) is 0. The normalized spacial score (nSPS) is 24.9. The van der Waals surface area contributed by atoms with Gasteiger partial charge >= 0.3 is 0 Å². The Hall–Kier alpha value is -0.0400. The predicted molar refractivity (Wildman–Crippen MR) is 43.0 cm³/mol. The smallest absolute Gasteiger partial charge is 0.0810 e. The molecule has 0 aromatic rings. The highest BCUT2D eigenvalue weighted by molar-refractivity contribution is 4.70. The number of ether oxygens (including phenoxy) is 1. The molecule has 1 saturated heterocycles. The molecule has 0 bridgehead atoms. The van der Waals surface area contributed by atoms with Gasteiger partial charge in [-0.25, -0.2) is 0 Å². The SMILES string of the molecule is CC(C)(C)CCCC1CO1. The number of rotatable bonds is 3. The summed E-state index contributed by atoms with van der Waals surface area (Å²) in [7, 11) is 0. The standard InChI is InChI=1S/C9H18O/c1-9(2,3)6-4-5-8-7-10-8/h8H,4-7H2,1-3H3. The maximum Gasteiger partial charge on any atom is 0.0810 e. The van der Waals surface area contributed by atoms with Crippen molar-refractivity contribution < 1.29 is 4.74 Å². The van der Waals surface area contributed by atoms with Crippen molar-refractivity contribution >= 4 is 0 Å². The fourth-order valence-corrected chi connectivity index (χ4v) is 1.09. The zero-order valence-electron chi connectivity index (χ0n) is 7.31. The highest BCUT2D eigenvalue weighted by Crippen LogP contribution is 2.24. The Morgan fingerprint density at radius 3 is 2.40 bits per heavy atom. The molecule has 0 spiro atoms. The third-order valence-corrected chi connectivity index (χ3v) is 1.86. The van der Waals surface area contributed by atoms with E-state index >= 15 is 0 Å². The van der Waals surface area contributed by atoms with E-state index < -0.39 is 0 Å². The minimum Gasteiger partial charge on any atom is -0.373 e. The van der Waals surface area contributed by atoms with Crippen LogP contribution < -0.4 is 0 Å². The van der Waals surface area contributed by atoms with Crippen molar-refractivity contribution in [3.8, 4) is 0 Å². The molecule has 1 heteroatoms. The van der Waals surface area contributed by atoms with Gasteiger partial charge < -0.3 is 4.74 Å². The van der Waals surface area contributed by atoms with Crippen LogP contribution in [0.25, 0.3) is 0 Å². The average molecular weight is 142 g/mol. The Balaban J connectivity index is 1.93. The summed E-state index contributed by atoms with van der Waals surface area (Å²) in [6.45, 7) is 7.90. The van der Waals surface area contributed by atoms with Gasteiger partial charge in [0.1, 0.15) is 0 Å². The quantitative estimate of drug-likeness (QED) is 0.552. The van der Waals surface area contributed by atoms with Gasteiger partial charge in [-0.15, -0.1) is 0 Å². The van der Waals surface area contributed by atoms with Crippen molar-refractivity contribution in [2.75, 3.05) is 6.61 Å². The number of hydrogen-bond donors (Lipinski definition) is 0. The van der Waals surface area contributed by atoms with Crippen LogP contribution in [0.4, 0.5) is 0 Å². The highest BCUT2D eigenvalue weighted by Gasteiger charge is 2.22. The fraction of sp³-hybridized carbons (Fsp3) is 1.00. The molecule has 1 atom stereocenters. The third kappa shape index (κ3) is 3.89. The molecule has 1 fully saturated rings. The van der Waals surface area contributed by atoms with E-state index in [1.807, 2.05) is 0 Å². The van der Waals surface area contributed by atoms with Crippen LogP contribution in [0.1, 0.15) is 40.0 Å². The number of hydrogen-bond acceptors (Lipinski definition) is 1. The van der Waals surface area contributed by atoms with Crippen LogP contribution in [0.3, 0.4) is 0 Å². The van der Waals surface area contributed by atoms with Gasteiger partial charge in [-0.05, 0) is 18.3 Å². The Labute approximate surface area is 63.8 Å². The minimum atomic E-state index is 0.509. The first-order valence-corrected chi connectivity index (χ1v) is 4.19. The monoisotopic (exact) mass is 142 g/mol. The molecule has 0 N–H and O–H groups in total. The van der Waals surface area contributed by atoms with Gasteiger partial charge in [-0.3, -0.25) is 0 Å². The second kappa shape index (κ2) is 2.91. The molecule has 1 rings (SSSR count). The maximum absolute atomic E-state index is 5.12. The van der Waals surface area contributed by atoms with Gasteiger partial charge in [-0.2, -0.15) is 0 Å². The van der Waals surface area contributed by atoms with Crippen LogP contribution in [-0.2, 0) is 4.74 Å². The van der Waals surface area contributed by atoms with E-state index in [4.69, 9.17) is 4.74 Å². The Morgan fingerprint density at radius 1 is 1.40 bits per heavy atom. The van der Waals surface area contributed by atoms with Crippen LogP contribution in [0.5, 0.6) is 0 Å². The molecule has 1 heterocycles. The van der Waals surface area contributed by atoms with Gasteiger partial charge in [-0.1, -0.05) is 27.2 Å². The van der Waals surface area contributed by atoms with Crippen LogP contribution in [0.15, 0.2) is 0 Å². The van der Waals surface area contributed by atoms with Crippen molar-refractivity contribution in [2.45, 2.75) is 46.1 Å². The second-order valence-electron chi connectivity index (χ2n) is 4.41. The molecular formula is C9H18O. The Morgan fingerprint density at radius 2 is 2.00 bits per heavy atom. The molecule has 0 aromatic heterocycles. The van der Waals surface area contributed by atoms with Gasteiger partial charge in [0.15, 0.2) is 0 Å². The Kier molecular flexibility index (Phi) is 2.35. The topological polar surface area (TPSA) is 12.5 Å². The summed E-state index contributed by atoms with van der Waals surface area (Å²) in [4.78, 5) is 0. The lowest BCUT2D eigenvalue weighted by atomic mass is 9.89. The maximum atomic E-state index is 5.12. The summed E-state index contributed by atoms with van der Waals surface area (Å²) < 4.78 is 5.12. The summed E-state index contributed by atoms with van der Waals surface area (Å²) in [5, 5.41) is 0. The van der Waals surface area contributed by atoms with E-state index in [0.29, 0.717) is 11.5 Å². The van der Waals surface area contributed by atoms with E-state index in [9.17, 15) is 0 Å². The first-order chi connectivity index (χ1) is 4.58. The zero-order chi connectivity index (χ0) is 7.61. The van der Waals surface area contributed by atoms with E-state index in [1.165, 1.54) is 19.3 Å². The summed E-state index contributed by atoms with van der Waals surface area (Å²) in [6, 6.07) is 0. The van der Waals surface area contributed by atoms with Crippen molar-refractivity contribution in [3.63, 3.8) is 0 Å². The molecule has 0 saturated carbocycles. The average Bonchev–Trinajstić information content (AvgIpc) is 2.45. The molecule has 0 aromatic carbocycles. The van der Waals surface area contributed by atoms with E-state index in [-0.39, 0.29) is 0 Å². The van der Waals surface area contributed by atoms with Crippen molar-refractivity contribution in [3.05, 3.63) is 0 Å². The lowest BCUT2D eigenvalue weighted by Crippen LogP contribution is -2.04. The largest absolute Gasteiger partial charge is 0.373 e. The minimum absolute atomic E-state index is 0.509. The van der Waals surface area contributed by atoms with Crippen LogP contribution in [0.2, 0.25) is 0 Å². The molecule has 0 amide bonds. The zero-order valence-corrected chi connectivity index (χ0v) is 7.31. The lowest BCUT2D eigenvalue weighted by Gasteiger charge is -2.16. The summed E-state index contributed by atoms with van der Waals surface area (Å²) in [6.07, 6.45) is 4.56. The van der Waals surface area contributed by atoms with Crippen LogP contribution in [-0.4, -0.2) is 12.7 Å². The number of epoxide rings is 1. The van der Waals surface area contributed by atoms with Crippen LogP contribution in [0, 0.1) is 5.41 Å². The van der Waals surface area contributed by atoms with Gasteiger partial charge in [0.05, 0.1) is 12.7 Å². The molecule has 1 nitrogen and oxygen atoms in total. The highest BCUT2D eigenvalue weighted by atomic mass is 16.6. The Bertz CT molecular complexity index is 97.8. The molecule has 1 aliphatic heterocycles. The second-order valence-corrected chi connectivity index (χ2v) is 4.41. The van der Waals surface area contributed by atoms with E-state index in [0.717, 1.165) is 6.61 Å².